The zero-order valence-electron chi connectivity index (χ0n) is 16.5. The molecule has 0 saturated carbocycles. The summed E-state index contributed by atoms with van der Waals surface area (Å²) in [4.78, 5) is 24.1. The van der Waals surface area contributed by atoms with Crippen LogP contribution < -0.4 is 15.0 Å². The lowest BCUT2D eigenvalue weighted by atomic mass is 10.1. The molecule has 148 valence electrons. The van der Waals surface area contributed by atoms with Crippen LogP contribution in [0.15, 0.2) is 60.9 Å². The maximum absolute atomic E-state index is 12.8. The number of hydrogen-bond donors (Lipinski definition) is 1. The highest BCUT2D eigenvalue weighted by molar-refractivity contribution is 6.05. The topological polar surface area (TPSA) is 67.3 Å². The number of amides is 1. The molecule has 0 spiro atoms. The summed E-state index contributed by atoms with van der Waals surface area (Å²) in [5.74, 6) is 1.50. The van der Waals surface area contributed by atoms with Crippen molar-refractivity contribution < 1.29 is 9.53 Å². The van der Waals surface area contributed by atoms with Gasteiger partial charge in [0.2, 0.25) is 0 Å². The lowest BCUT2D eigenvalue weighted by molar-refractivity contribution is 0.102. The molecule has 6 nitrogen and oxygen atoms in total. The van der Waals surface area contributed by atoms with E-state index in [9.17, 15) is 4.79 Å². The molecule has 1 amide bonds. The fourth-order valence-electron chi connectivity index (χ4n) is 3.51. The summed E-state index contributed by atoms with van der Waals surface area (Å²) in [5.41, 5.74) is 3.00. The quantitative estimate of drug-likeness (QED) is 0.678. The van der Waals surface area contributed by atoms with Gasteiger partial charge in [-0.25, -0.2) is 4.98 Å². The average molecular weight is 388 g/mol. The van der Waals surface area contributed by atoms with Crippen molar-refractivity contribution in [2.24, 2.45) is 0 Å². The van der Waals surface area contributed by atoms with Gasteiger partial charge in [-0.15, -0.1) is 0 Å². The predicted octanol–water partition coefficient (Wildman–Crippen LogP) is 4.39. The highest BCUT2D eigenvalue weighted by atomic mass is 16.5. The zero-order chi connectivity index (χ0) is 20.1. The van der Waals surface area contributed by atoms with Crippen LogP contribution >= 0.6 is 0 Å². The number of nitrogens with zero attached hydrogens (tertiary/aromatic N) is 3. The van der Waals surface area contributed by atoms with Gasteiger partial charge in [0, 0.05) is 42.3 Å². The van der Waals surface area contributed by atoms with Gasteiger partial charge < -0.3 is 15.0 Å². The van der Waals surface area contributed by atoms with Crippen LogP contribution in [0.5, 0.6) is 5.75 Å². The number of carbonyl (C=O) groups is 1. The second-order valence-electron chi connectivity index (χ2n) is 6.92. The van der Waals surface area contributed by atoms with E-state index in [1.54, 1.807) is 18.5 Å². The molecule has 0 atom stereocenters. The van der Waals surface area contributed by atoms with E-state index >= 15 is 0 Å². The molecule has 1 aliphatic heterocycles. The van der Waals surface area contributed by atoms with Crippen LogP contribution in [0.1, 0.15) is 30.1 Å². The molecule has 1 N–H and O–H groups in total. The molecular formula is C23H24N4O2. The molecule has 1 aliphatic rings. The van der Waals surface area contributed by atoms with E-state index in [0.717, 1.165) is 41.6 Å². The standard InChI is InChI=1S/C23H24N4O2/c1-2-29-20-10-8-19(9-11-20)26-23(28)18-7-5-6-17(16-18)21-22(25-13-12-24-21)27-14-3-4-15-27/h5-13,16H,2-4,14-15H2,1H3,(H,26,28). The van der Waals surface area contributed by atoms with Crippen LogP contribution in [0.25, 0.3) is 11.3 Å². The average Bonchev–Trinajstić information content (AvgIpc) is 3.30. The first-order valence-electron chi connectivity index (χ1n) is 9.95. The van der Waals surface area contributed by atoms with Crippen LogP contribution in [0.3, 0.4) is 0 Å². The fraction of sp³-hybridized carbons (Fsp3) is 0.261. The first kappa shape index (κ1) is 18.9. The Bertz CT molecular complexity index is 982. The van der Waals surface area contributed by atoms with E-state index in [-0.39, 0.29) is 5.91 Å². The second kappa shape index (κ2) is 8.73. The molecule has 6 heteroatoms. The van der Waals surface area contributed by atoms with Gasteiger partial charge in [-0.3, -0.25) is 9.78 Å². The van der Waals surface area contributed by atoms with Gasteiger partial charge in [0.05, 0.1) is 6.61 Å². The summed E-state index contributed by atoms with van der Waals surface area (Å²) >= 11 is 0. The minimum absolute atomic E-state index is 0.164. The Morgan fingerprint density at radius 1 is 1.07 bits per heavy atom. The van der Waals surface area contributed by atoms with E-state index in [1.165, 1.54) is 12.8 Å². The molecule has 2 heterocycles. The molecule has 1 aromatic heterocycles. The largest absolute Gasteiger partial charge is 0.494 e. The molecule has 3 aromatic rings. The van der Waals surface area contributed by atoms with E-state index in [1.807, 2.05) is 49.4 Å². The van der Waals surface area contributed by atoms with Crippen molar-refractivity contribution >= 4 is 17.4 Å². The summed E-state index contributed by atoms with van der Waals surface area (Å²) in [5, 5.41) is 2.93. The smallest absolute Gasteiger partial charge is 0.255 e. The minimum Gasteiger partial charge on any atom is -0.494 e. The molecule has 0 radical (unpaired) electrons. The van der Waals surface area contributed by atoms with E-state index in [4.69, 9.17) is 4.74 Å². The van der Waals surface area contributed by atoms with Crippen LogP contribution in [0, 0.1) is 0 Å². The number of benzene rings is 2. The first-order chi connectivity index (χ1) is 14.2. The Labute approximate surface area is 170 Å². The summed E-state index contributed by atoms with van der Waals surface area (Å²) in [6.07, 6.45) is 5.75. The van der Waals surface area contributed by atoms with Crippen LogP contribution in [0.2, 0.25) is 0 Å². The van der Waals surface area contributed by atoms with Crippen LogP contribution in [0.4, 0.5) is 11.5 Å². The molecule has 2 aromatic carbocycles. The van der Waals surface area contributed by atoms with Crippen molar-refractivity contribution in [3.63, 3.8) is 0 Å². The maximum atomic E-state index is 12.8. The molecule has 0 aliphatic carbocycles. The molecule has 1 saturated heterocycles. The zero-order valence-corrected chi connectivity index (χ0v) is 16.5. The van der Waals surface area contributed by atoms with Crippen molar-refractivity contribution in [1.29, 1.82) is 0 Å². The van der Waals surface area contributed by atoms with E-state index < -0.39 is 0 Å². The summed E-state index contributed by atoms with van der Waals surface area (Å²) in [6, 6.07) is 14.9. The number of rotatable bonds is 6. The van der Waals surface area contributed by atoms with Crippen LogP contribution in [-0.2, 0) is 0 Å². The number of hydrogen-bond acceptors (Lipinski definition) is 5. The van der Waals surface area contributed by atoms with Gasteiger partial charge >= 0.3 is 0 Å². The Kier molecular flexibility index (Phi) is 5.70. The summed E-state index contributed by atoms with van der Waals surface area (Å²) in [7, 11) is 0. The van der Waals surface area contributed by atoms with Crippen molar-refractivity contribution in [3.05, 3.63) is 66.5 Å². The van der Waals surface area contributed by atoms with Crippen molar-refractivity contribution in [2.75, 3.05) is 29.9 Å². The predicted molar refractivity (Wildman–Crippen MR) is 114 cm³/mol. The Balaban J connectivity index is 1.55. The molecule has 1 fully saturated rings. The summed E-state index contributed by atoms with van der Waals surface area (Å²) < 4.78 is 5.44. The second-order valence-corrected chi connectivity index (χ2v) is 6.92. The van der Waals surface area contributed by atoms with Crippen molar-refractivity contribution in [3.8, 4) is 17.0 Å². The molecule has 0 unspecified atom stereocenters. The third-order valence-electron chi connectivity index (χ3n) is 4.91. The SMILES string of the molecule is CCOc1ccc(NC(=O)c2cccc(-c3nccnc3N3CCCC3)c2)cc1. The highest BCUT2D eigenvalue weighted by Crippen LogP contribution is 2.29. The molecule has 0 bridgehead atoms. The fourth-order valence-corrected chi connectivity index (χ4v) is 3.51. The number of ether oxygens (including phenoxy) is 1. The monoisotopic (exact) mass is 388 g/mol. The Morgan fingerprint density at radius 3 is 2.59 bits per heavy atom. The number of carbonyl (C=O) groups excluding carboxylic acids is 1. The Morgan fingerprint density at radius 2 is 1.83 bits per heavy atom. The highest BCUT2D eigenvalue weighted by Gasteiger charge is 2.19. The third kappa shape index (κ3) is 4.37. The molecule has 4 rings (SSSR count). The normalized spacial score (nSPS) is 13.3. The van der Waals surface area contributed by atoms with Crippen LogP contribution in [-0.4, -0.2) is 35.6 Å². The van der Waals surface area contributed by atoms with Gasteiger partial charge in [0.1, 0.15) is 11.4 Å². The third-order valence-corrected chi connectivity index (χ3v) is 4.91. The first-order valence-corrected chi connectivity index (χ1v) is 9.95. The minimum atomic E-state index is -0.164. The lowest BCUT2D eigenvalue weighted by Crippen LogP contribution is -2.20. The van der Waals surface area contributed by atoms with Gasteiger partial charge in [0.15, 0.2) is 5.82 Å². The maximum Gasteiger partial charge on any atom is 0.255 e. The number of nitrogens with one attached hydrogen (secondary N) is 1. The molecule has 29 heavy (non-hydrogen) atoms. The van der Waals surface area contributed by atoms with Crippen molar-refractivity contribution in [1.82, 2.24) is 9.97 Å². The van der Waals surface area contributed by atoms with Gasteiger partial charge in [-0.1, -0.05) is 12.1 Å². The van der Waals surface area contributed by atoms with E-state index in [0.29, 0.717) is 12.2 Å². The number of aromatic nitrogens is 2. The summed E-state index contributed by atoms with van der Waals surface area (Å²) in [6.45, 7) is 4.53. The van der Waals surface area contributed by atoms with Gasteiger partial charge in [0.25, 0.3) is 5.91 Å². The van der Waals surface area contributed by atoms with E-state index in [2.05, 4.69) is 20.2 Å². The lowest BCUT2D eigenvalue weighted by Gasteiger charge is -2.19. The van der Waals surface area contributed by atoms with Crippen molar-refractivity contribution in [2.45, 2.75) is 19.8 Å². The van der Waals surface area contributed by atoms with Gasteiger partial charge in [-0.2, -0.15) is 0 Å². The number of anilines is 2. The molecular weight excluding hydrogens is 364 g/mol. The van der Waals surface area contributed by atoms with Gasteiger partial charge in [-0.05, 0) is 56.2 Å². The Hall–Kier alpha value is -3.41.